The van der Waals surface area contributed by atoms with Crippen molar-refractivity contribution < 1.29 is 9.59 Å². The third-order valence-corrected chi connectivity index (χ3v) is 5.80. The largest absolute Gasteiger partial charge is 0.345 e. The molecule has 2 fully saturated rings. The number of fused-ring (bicyclic) bond motifs is 2. The molecule has 0 spiro atoms. The van der Waals surface area contributed by atoms with E-state index in [4.69, 9.17) is 0 Å². The van der Waals surface area contributed by atoms with Gasteiger partial charge in [0.25, 0.3) is 5.91 Å². The maximum atomic E-state index is 13.1. The second kappa shape index (κ2) is 9.90. The van der Waals surface area contributed by atoms with Crippen LogP contribution in [0, 0.1) is 0 Å². The number of nitrogens with one attached hydrogen (secondary N) is 2. The summed E-state index contributed by atoms with van der Waals surface area (Å²) in [6.45, 7) is 1.56. The van der Waals surface area contributed by atoms with E-state index in [1.54, 1.807) is 12.1 Å². The fraction of sp³-hybridized carbons (Fsp3) is 0.391. The second-order valence-electron chi connectivity index (χ2n) is 7.77. The van der Waals surface area contributed by atoms with Crippen LogP contribution in [0.3, 0.4) is 0 Å². The molecule has 154 valence electrons. The lowest BCUT2D eigenvalue weighted by Gasteiger charge is -2.27. The van der Waals surface area contributed by atoms with Gasteiger partial charge in [-0.15, -0.1) is 12.4 Å². The summed E-state index contributed by atoms with van der Waals surface area (Å²) in [5, 5.41) is 6.68. The number of halogens is 1. The highest BCUT2D eigenvalue weighted by molar-refractivity contribution is 5.94. The Morgan fingerprint density at radius 2 is 1.62 bits per heavy atom. The van der Waals surface area contributed by atoms with E-state index in [-0.39, 0.29) is 36.7 Å². The molecular weight excluding hydrogens is 386 g/mol. The lowest BCUT2D eigenvalue weighted by Crippen LogP contribution is -2.41. The molecule has 3 atom stereocenters. The predicted molar refractivity (Wildman–Crippen MR) is 116 cm³/mol. The molecule has 2 aliphatic rings. The molecular formula is C23H28ClN3O2. The number of hydrogen-bond acceptors (Lipinski definition) is 3. The standard InChI is InChI=1S/C23H27N3O2.ClH/c27-22(26-14-13-19-11-12-20(16-26)24-19)15-21(17-7-3-1-4-8-17)25-23(28)18-9-5-2-6-10-18;/h1-10,19-21,24H,11-16H2,(H,25,28);1H. The molecule has 0 aliphatic carbocycles. The van der Waals surface area contributed by atoms with Gasteiger partial charge >= 0.3 is 0 Å². The van der Waals surface area contributed by atoms with Crippen LogP contribution in [0.25, 0.3) is 0 Å². The van der Waals surface area contributed by atoms with Gasteiger partial charge in [0.1, 0.15) is 0 Å². The molecule has 6 heteroatoms. The van der Waals surface area contributed by atoms with Crippen molar-refractivity contribution in [3.63, 3.8) is 0 Å². The summed E-state index contributed by atoms with van der Waals surface area (Å²) in [7, 11) is 0. The lowest BCUT2D eigenvalue weighted by molar-refractivity contribution is -0.132. The van der Waals surface area contributed by atoms with Crippen LogP contribution in [0.1, 0.15) is 47.6 Å². The first kappa shape index (κ1) is 21.3. The highest BCUT2D eigenvalue weighted by atomic mass is 35.5. The average Bonchev–Trinajstić information content (AvgIpc) is 3.07. The van der Waals surface area contributed by atoms with Crippen molar-refractivity contribution in [2.45, 2.75) is 43.8 Å². The van der Waals surface area contributed by atoms with Crippen molar-refractivity contribution in [2.24, 2.45) is 0 Å². The van der Waals surface area contributed by atoms with Gasteiger partial charge in [0.2, 0.25) is 5.91 Å². The van der Waals surface area contributed by atoms with Crippen molar-refractivity contribution in [1.29, 1.82) is 0 Å². The first-order valence-corrected chi connectivity index (χ1v) is 10.1. The number of rotatable bonds is 5. The molecule has 3 unspecified atom stereocenters. The first-order chi connectivity index (χ1) is 13.7. The van der Waals surface area contributed by atoms with Gasteiger partial charge in [-0.05, 0) is 37.0 Å². The summed E-state index contributed by atoms with van der Waals surface area (Å²) < 4.78 is 0. The summed E-state index contributed by atoms with van der Waals surface area (Å²) in [5.41, 5.74) is 1.56. The molecule has 4 rings (SSSR count). The summed E-state index contributed by atoms with van der Waals surface area (Å²) in [6, 6.07) is 19.5. The molecule has 29 heavy (non-hydrogen) atoms. The van der Waals surface area contributed by atoms with Gasteiger partial charge in [-0.1, -0.05) is 48.5 Å². The zero-order chi connectivity index (χ0) is 19.3. The predicted octanol–water partition coefficient (Wildman–Crippen LogP) is 3.32. The molecule has 0 radical (unpaired) electrons. The van der Waals surface area contributed by atoms with Gasteiger partial charge in [-0.2, -0.15) is 0 Å². The Kier molecular flexibility index (Phi) is 7.29. The van der Waals surface area contributed by atoms with Gasteiger partial charge in [0, 0.05) is 30.7 Å². The minimum atomic E-state index is -0.338. The topological polar surface area (TPSA) is 61.4 Å². The Hall–Kier alpha value is -2.37. The third-order valence-electron chi connectivity index (χ3n) is 5.80. The molecule has 2 N–H and O–H groups in total. The van der Waals surface area contributed by atoms with Crippen molar-refractivity contribution >= 4 is 24.2 Å². The number of hydrogen-bond donors (Lipinski definition) is 2. The molecule has 5 nitrogen and oxygen atoms in total. The van der Waals surface area contributed by atoms with Crippen LogP contribution < -0.4 is 10.6 Å². The van der Waals surface area contributed by atoms with Crippen LogP contribution in [-0.2, 0) is 4.79 Å². The van der Waals surface area contributed by atoms with Crippen LogP contribution >= 0.6 is 12.4 Å². The number of amides is 2. The van der Waals surface area contributed by atoms with E-state index in [9.17, 15) is 9.59 Å². The third kappa shape index (κ3) is 5.37. The maximum Gasteiger partial charge on any atom is 0.251 e. The van der Waals surface area contributed by atoms with E-state index in [1.807, 2.05) is 53.4 Å². The van der Waals surface area contributed by atoms with Crippen LogP contribution in [0.5, 0.6) is 0 Å². The number of likely N-dealkylation sites (tertiary alicyclic amines) is 1. The number of nitrogens with zero attached hydrogens (tertiary/aromatic N) is 1. The van der Waals surface area contributed by atoms with Crippen LogP contribution in [0.15, 0.2) is 60.7 Å². The number of carbonyl (C=O) groups excluding carboxylic acids is 2. The van der Waals surface area contributed by atoms with Crippen LogP contribution in [0.4, 0.5) is 0 Å². The van der Waals surface area contributed by atoms with Gasteiger partial charge < -0.3 is 15.5 Å². The second-order valence-corrected chi connectivity index (χ2v) is 7.77. The summed E-state index contributed by atoms with van der Waals surface area (Å²) in [5.74, 6) is -0.0459. The van der Waals surface area contributed by atoms with E-state index < -0.39 is 0 Å². The molecule has 2 bridgehead atoms. The number of benzene rings is 2. The van der Waals surface area contributed by atoms with E-state index in [2.05, 4.69) is 10.6 Å². The fourth-order valence-corrected chi connectivity index (χ4v) is 4.24. The fourth-order valence-electron chi connectivity index (χ4n) is 4.24. The first-order valence-electron chi connectivity index (χ1n) is 10.1. The van der Waals surface area contributed by atoms with Crippen LogP contribution in [0.2, 0.25) is 0 Å². The van der Waals surface area contributed by atoms with E-state index in [1.165, 1.54) is 6.42 Å². The molecule has 0 aromatic heterocycles. The van der Waals surface area contributed by atoms with Crippen LogP contribution in [-0.4, -0.2) is 41.9 Å². The molecule has 2 heterocycles. The molecule has 2 aliphatic heterocycles. The Bertz CT molecular complexity index is 815. The zero-order valence-corrected chi connectivity index (χ0v) is 17.2. The lowest BCUT2D eigenvalue weighted by atomic mass is 10.0. The monoisotopic (exact) mass is 413 g/mol. The van der Waals surface area contributed by atoms with Crippen molar-refractivity contribution in [2.75, 3.05) is 13.1 Å². The van der Waals surface area contributed by atoms with Crippen molar-refractivity contribution in [3.8, 4) is 0 Å². The minimum Gasteiger partial charge on any atom is -0.345 e. The highest BCUT2D eigenvalue weighted by Crippen LogP contribution is 2.23. The Balaban J connectivity index is 0.00000240. The van der Waals surface area contributed by atoms with Gasteiger partial charge in [-0.25, -0.2) is 0 Å². The summed E-state index contributed by atoms with van der Waals surface area (Å²) in [6.07, 6.45) is 3.64. The maximum absolute atomic E-state index is 13.1. The zero-order valence-electron chi connectivity index (χ0n) is 16.4. The summed E-state index contributed by atoms with van der Waals surface area (Å²) in [4.78, 5) is 27.7. The van der Waals surface area contributed by atoms with E-state index in [0.717, 1.165) is 31.5 Å². The SMILES string of the molecule is Cl.O=C(NC(CC(=O)N1CCC2CCC(C1)N2)c1ccccc1)c1ccccc1. The van der Waals surface area contributed by atoms with Gasteiger partial charge in [-0.3, -0.25) is 9.59 Å². The highest BCUT2D eigenvalue weighted by Gasteiger charge is 2.32. The molecule has 2 aromatic rings. The molecule has 0 saturated carbocycles. The smallest absolute Gasteiger partial charge is 0.251 e. The van der Waals surface area contributed by atoms with Gasteiger partial charge in [0.15, 0.2) is 0 Å². The molecule has 2 aromatic carbocycles. The average molecular weight is 414 g/mol. The minimum absolute atomic E-state index is 0. The molecule has 2 saturated heterocycles. The van der Waals surface area contributed by atoms with Crippen molar-refractivity contribution in [1.82, 2.24) is 15.5 Å². The Morgan fingerprint density at radius 1 is 0.966 bits per heavy atom. The summed E-state index contributed by atoms with van der Waals surface area (Å²) >= 11 is 0. The van der Waals surface area contributed by atoms with E-state index >= 15 is 0 Å². The van der Waals surface area contributed by atoms with Gasteiger partial charge in [0.05, 0.1) is 12.5 Å². The van der Waals surface area contributed by atoms with E-state index in [0.29, 0.717) is 17.6 Å². The quantitative estimate of drug-likeness (QED) is 0.790. The molecule has 2 amide bonds. The Labute approximate surface area is 178 Å². The normalized spacial score (nSPS) is 21.6. The van der Waals surface area contributed by atoms with Crippen molar-refractivity contribution in [3.05, 3.63) is 71.8 Å². The number of carbonyl (C=O) groups is 2. The Morgan fingerprint density at radius 3 is 2.34 bits per heavy atom.